The molecule has 0 radical (unpaired) electrons. The van der Waals surface area contributed by atoms with Gasteiger partial charge in [0.05, 0.1) is 0 Å². The Bertz CT molecular complexity index is 624. The van der Waals surface area contributed by atoms with Crippen LogP contribution in [0.3, 0.4) is 0 Å². The normalized spacial score (nSPS) is 10.5. The average Bonchev–Trinajstić information content (AvgIpc) is 2.42. The third-order valence-corrected chi connectivity index (χ3v) is 3.98. The summed E-state index contributed by atoms with van der Waals surface area (Å²) in [5.41, 5.74) is 5.51. The molecule has 21 heavy (non-hydrogen) atoms. The van der Waals surface area contributed by atoms with E-state index in [1.807, 2.05) is 26.0 Å². The highest BCUT2D eigenvalue weighted by atomic mass is 79.9. The predicted molar refractivity (Wildman–Crippen MR) is 91.7 cm³/mol. The standard InChI is InChI=1S/C18H20BrNO/c1-12-4-6-15(7-5-12)8-9-17(21)20-18-13(2)10-16(19)11-14(18)3/h4-7,10-11H,8-9H2,1-3H3,(H,20,21). The molecule has 2 nitrogen and oxygen atoms in total. The molecule has 2 aromatic carbocycles. The minimum absolute atomic E-state index is 0.0593. The Hall–Kier alpha value is -1.61. The van der Waals surface area contributed by atoms with Crippen molar-refractivity contribution in [3.05, 3.63) is 63.1 Å². The molecule has 0 unspecified atom stereocenters. The van der Waals surface area contributed by atoms with Crippen molar-refractivity contribution < 1.29 is 4.79 Å². The van der Waals surface area contributed by atoms with Gasteiger partial charge in [-0.3, -0.25) is 4.79 Å². The van der Waals surface area contributed by atoms with Gasteiger partial charge in [0, 0.05) is 16.6 Å². The largest absolute Gasteiger partial charge is 0.326 e. The average molecular weight is 346 g/mol. The van der Waals surface area contributed by atoms with Crippen LogP contribution in [0.4, 0.5) is 5.69 Å². The summed E-state index contributed by atoms with van der Waals surface area (Å²) in [4.78, 5) is 12.1. The van der Waals surface area contributed by atoms with E-state index in [-0.39, 0.29) is 5.91 Å². The molecule has 0 fully saturated rings. The minimum Gasteiger partial charge on any atom is -0.326 e. The van der Waals surface area contributed by atoms with Gasteiger partial charge in [0.2, 0.25) is 5.91 Å². The molecule has 0 spiro atoms. The van der Waals surface area contributed by atoms with Gasteiger partial charge in [0.15, 0.2) is 0 Å². The quantitative estimate of drug-likeness (QED) is 0.834. The molecule has 0 aliphatic rings. The highest BCUT2D eigenvalue weighted by molar-refractivity contribution is 9.10. The lowest BCUT2D eigenvalue weighted by molar-refractivity contribution is -0.116. The third-order valence-electron chi connectivity index (χ3n) is 3.52. The second-order valence-corrected chi connectivity index (χ2v) is 6.36. The van der Waals surface area contributed by atoms with Crippen molar-refractivity contribution in [2.24, 2.45) is 0 Å². The minimum atomic E-state index is 0.0593. The van der Waals surface area contributed by atoms with Gasteiger partial charge in [-0.25, -0.2) is 0 Å². The van der Waals surface area contributed by atoms with Crippen LogP contribution in [-0.4, -0.2) is 5.91 Å². The number of aryl methyl sites for hydroxylation is 4. The molecule has 2 aromatic rings. The fourth-order valence-corrected chi connectivity index (χ4v) is 3.01. The second kappa shape index (κ2) is 6.90. The van der Waals surface area contributed by atoms with Crippen molar-refractivity contribution in [3.8, 4) is 0 Å². The van der Waals surface area contributed by atoms with Gasteiger partial charge in [-0.1, -0.05) is 45.8 Å². The summed E-state index contributed by atoms with van der Waals surface area (Å²) in [6.45, 7) is 6.08. The van der Waals surface area contributed by atoms with Crippen LogP contribution < -0.4 is 5.32 Å². The Balaban J connectivity index is 1.97. The van der Waals surface area contributed by atoms with Crippen LogP contribution in [-0.2, 0) is 11.2 Å². The van der Waals surface area contributed by atoms with Crippen LogP contribution in [0.2, 0.25) is 0 Å². The lowest BCUT2D eigenvalue weighted by atomic mass is 10.1. The summed E-state index contributed by atoms with van der Waals surface area (Å²) in [6, 6.07) is 12.4. The summed E-state index contributed by atoms with van der Waals surface area (Å²) in [6.07, 6.45) is 1.26. The highest BCUT2D eigenvalue weighted by Gasteiger charge is 2.08. The fraction of sp³-hybridized carbons (Fsp3) is 0.278. The number of amides is 1. The molecule has 0 bridgehead atoms. The van der Waals surface area contributed by atoms with Crippen LogP contribution >= 0.6 is 15.9 Å². The van der Waals surface area contributed by atoms with E-state index in [4.69, 9.17) is 0 Å². The van der Waals surface area contributed by atoms with E-state index in [0.29, 0.717) is 6.42 Å². The Morgan fingerprint density at radius 2 is 1.62 bits per heavy atom. The molecule has 0 aromatic heterocycles. The lowest BCUT2D eigenvalue weighted by Gasteiger charge is -2.12. The molecule has 1 amide bonds. The molecular weight excluding hydrogens is 326 g/mol. The first-order chi connectivity index (χ1) is 9.95. The van der Waals surface area contributed by atoms with E-state index in [2.05, 4.69) is 52.4 Å². The summed E-state index contributed by atoms with van der Waals surface area (Å²) in [5, 5.41) is 3.03. The first kappa shape index (κ1) is 15.8. The van der Waals surface area contributed by atoms with Gasteiger partial charge in [0.25, 0.3) is 0 Å². The molecule has 110 valence electrons. The van der Waals surface area contributed by atoms with Crippen LogP contribution in [0.5, 0.6) is 0 Å². The lowest BCUT2D eigenvalue weighted by Crippen LogP contribution is -2.14. The Kier molecular flexibility index (Phi) is 5.18. The zero-order valence-corrected chi connectivity index (χ0v) is 14.3. The van der Waals surface area contributed by atoms with Crippen LogP contribution in [0.1, 0.15) is 28.7 Å². The summed E-state index contributed by atoms with van der Waals surface area (Å²) in [7, 11) is 0. The maximum Gasteiger partial charge on any atom is 0.224 e. The van der Waals surface area contributed by atoms with E-state index in [1.165, 1.54) is 11.1 Å². The zero-order chi connectivity index (χ0) is 15.4. The number of hydrogen-bond donors (Lipinski definition) is 1. The number of benzene rings is 2. The zero-order valence-electron chi connectivity index (χ0n) is 12.7. The van der Waals surface area contributed by atoms with Crippen LogP contribution in [0, 0.1) is 20.8 Å². The van der Waals surface area contributed by atoms with E-state index >= 15 is 0 Å². The first-order valence-electron chi connectivity index (χ1n) is 7.08. The number of carbonyl (C=O) groups excluding carboxylic acids is 1. The van der Waals surface area contributed by atoms with Crippen LogP contribution in [0.25, 0.3) is 0 Å². The van der Waals surface area contributed by atoms with E-state index in [1.54, 1.807) is 0 Å². The van der Waals surface area contributed by atoms with Crippen molar-refractivity contribution in [1.82, 2.24) is 0 Å². The summed E-state index contributed by atoms with van der Waals surface area (Å²) < 4.78 is 1.04. The van der Waals surface area contributed by atoms with Gasteiger partial charge < -0.3 is 5.32 Å². The van der Waals surface area contributed by atoms with Crippen molar-refractivity contribution in [3.63, 3.8) is 0 Å². The molecule has 0 saturated carbocycles. The number of rotatable bonds is 4. The number of hydrogen-bond acceptors (Lipinski definition) is 1. The van der Waals surface area contributed by atoms with Gasteiger partial charge in [0.1, 0.15) is 0 Å². The van der Waals surface area contributed by atoms with Crippen LogP contribution in [0.15, 0.2) is 40.9 Å². The van der Waals surface area contributed by atoms with Crippen molar-refractivity contribution >= 4 is 27.5 Å². The number of anilines is 1. The summed E-state index contributed by atoms with van der Waals surface area (Å²) >= 11 is 3.47. The first-order valence-corrected chi connectivity index (χ1v) is 7.87. The third kappa shape index (κ3) is 4.43. The molecular formula is C18H20BrNO. The van der Waals surface area contributed by atoms with Gasteiger partial charge >= 0.3 is 0 Å². The molecule has 0 aliphatic carbocycles. The predicted octanol–water partition coefficient (Wildman–Crippen LogP) is 4.95. The maximum atomic E-state index is 12.1. The topological polar surface area (TPSA) is 29.1 Å². The van der Waals surface area contributed by atoms with Gasteiger partial charge in [-0.05, 0) is 56.0 Å². The van der Waals surface area contributed by atoms with Crippen molar-refractivity contribution in [2.75, 3.05) is 5.32 Å². The maximum absolute atomic E-state index is 12.1. The molecule has 2 rings (SSSR count). The molecule has 0 atom stereocenters. The number of carbonyl (C=O) groups is 1. The van der Waals surface area contributed by atoms with Gasteiger partial charge in [-0.2, -0.15) is 0 Å². The van der Waals surface area contributed by atoms with E-state index < -0.39 is 0 Å². The SMILES string of the molecule is Cc1ccc(CCC(=O)Nc2c(C)cc(Br)cc2C)cc1. The van der Waals surface area contributed by atoms with Gasteiger partial charge in [-0.15, -0.1) is 0 Å². The Morgan fingerprint density at radius 3 is 2.19 bits per heavy atom. The van der Waals surface area contributed by atoms with Crippen molar-refractivity contribution in [1.29, 1.82) is 0 Å². The van der Waals surface area contributed by atoms with Crippen molar-refractivity contribution in [2.45, 2.75) is 33.6 Å². The Labute approximate surface area is 134 Å². The smallest absolute Gasteiger partial charge is 0.224 e. The monoisotopic (exact) mass is 345 g/mol. The molecule has 1 N–H and O–H groups in total. The second-order valence-electron chi connectivity index (χ2n) is 5.45. The molecule has 3 heteroatoms. The number of nitrogens with one attached hydrogen (secondary N) is 1. The molecule has 0 saturated heterocycles. The van der Waals surface area contributed by atoms with E-state index in [9.17, 15) is 4.79 Å². The van der Waals surface area contributed by atoms with E-state index in [0.717, 1.165) is 27.7 Å². The Morgan fingerprint density at radius 1 is 1.05 bits per heavy atom. The molecule has 0 aliphatic heterocycles. The fourth-order valence-electron chi connectivity index (χ4n) is 2.32. The molecule has 0 heterocycles. The summed E-state index contributed by atoms with van der Waals surface area (Å²) in [5.74, 6) is 0.0593. The highest BCUT2D eigenvalue weighted by Crippen LogP contribution is 2.25. The number of halogens is 1.